The normalized spacial score (nSPS) is 12.5. The number of hydrogen-bond acceptors (Lipinski definition) is 5. The van der Waals surface area contributed by atoms with Crippen molar-refractivity contribution in [3.05, 3.63) is 94.8 Å². The Hall–Kier alpha value is -4.08. The Bertz CT molecular complexity index is 1390. The van der Waals surface area contributed by atoms with Crippen LogP contribution in [0.15, 0.2) is 60.9 Å². The minimum absolute atomic E-state index is 0.0981. The van der Waals surface area contributed by atoms with Crippen molar-refractivity contribution in [3.8, 4) is 0 Å². The summed E-state index contributed by atoms with van der Waals surface area (Å²) in [5, 5.41) is 0.706. The number of halogens is 4. The van der Waals surface area contributed by atoms with E-state index in [1.54, 1.807) is 38.1 Å². The summed E-state index contributed by atoms with van der Waals surface area (Å²) >= 11 is 0. The lowest BCUT2D eigenvalue weighted by Gasteiger charge is -2.30. The Morgan fingerprint density at radius 3 is 2.51 bits per heavy atom. The molecule has 0 bridgehead atoms. The molecule has 6 nitrogen and oxygen atoms in total. The van der Waals surface area contributed by atoms with E-state index >= 15 is 0 Å². The highest BCUT2D eigenvalue weighted by Gasteiger charge is 2.31. The Kier molecular flexibility index (Phi) is 6.38. The lowest BCUT2D eigenvalue weighted by atomic mass is 10.0. The number of nitrogens with zero attached hydrogens (tertiary/aromatic N) is 4. The number of alkyl halides is 3. The molecule has 0 spiro atoms. The average molecular weight is 483 g/mol. The van der Waals surface area contributed by atoms with Gasteiger partial charge in [0.2, 0.25) is 5.95 Å². The molecule has 3 aromatic heterocycles. The monoisotopic (exact) mass is 483 g/mol. The number of fused-ring (bicyclic) bond motifs is 1. The number of pyridine rings is 3. The van der Waals surface area contributed by atoms with Crippen LogP contribution in [0, 0.1) is 12.9 Å². The molecule has 180 valence electrons. The number of hydrogen-bond donors (Lipinski definition) is 1. The summed E-state index contributed by atoms with van der Waals surface area (Å²) in [5.41, 5.74) is 7.41. The maximum atomic E-state index is 13.8. The molecule has 10 heteroatoms. The molecule has 0 unspecified atom stereocenters. The fourth-order valence-electron chi connectivity index (χ4n) is 3.70. The highest BCUT2D eigenvalue weighted by Crippen LogP contribution is 2.30. The summed E-state index contributed by atoms with van der Waals surface area (Å²) < 4.78 is 52.6. The highest BCUT2D eigenvalue weighted by atomic mass is 19.4. The van der Waals surface area contributed by atoms with Crippen LogP contribution in [0.5, 0.6) is 0 Å². The summed E-state index contributed by atoms with van der Waals surface area (Å²) in [6.45, 7) is 3.41. The first-order valence-electron chi connectivity index (χ1n) is 10.6. The second-order valence-electron chi connectivity index (χ2n) is 8.15. The summed E-state index contributed by atoms with van der Waals surface area (Å²) in [4.78, 5) is 26.8. The maximum Gasteiger partial charge on any atom is 0.417 e. The van der Waals surface area contributed by atoms with Crippen LogP contribution in [-0.4, -0.2) is 25.8 Å². The van der Waals surface area contributed by atoms with Gasteiger partial charge in [0.05, 0.1) is 29.4 Å². The van der Waals surface area contributed by atoms with Crippen LogP contribution in [0.25, 0.3) is 10.9 Å². The summed E-state index contributed by atoms with van der Waals surface area (Å²) in [6.07, 6.45) is -2.51. The van der Waals surface area contributed by atoms with E-state index in [2.05, 4.69) is 15.0 Å². The fraction of sp³-hybridized carbons (Fsp3) is 0.200. The summed E-state index contributed by atoms with van der Waals surface area (Å²) in [6, 6.07) is 11.0. The zero-order valence-corrected chi connectivity index (χ0v) is 18.8. The molecule has 0 aliphatic carbocycles. The molecule has 1 amide bonds. The van der Waals surface area contributed by atoms with Gasteiger partial charge < -0.3 is 10.6 Å². The third kappa shape index (κ3) is 5.21. The molecule has 0 saturated carbocycles. The van der Waals surface area contributed by atoms with Crippen LogP contribution < -0.4 is 5.73 Å². The maximum absolute atomic E-state index is 13.8. The number of nitrogens with two attached hydrogens (primary N) is 1. The van der Waals surface area contributed by atoms with Gasteiger partial charge in [0.15, 0.2) is 0 Å². The SMILES string of the molecule is Cc1cc2cc(C(=O)N(Cc3ccc(C(F)(F)F)cn3)[C@@H](C)c3ccnc(F)c3)ccc2nc1N. The number of rotatable bonds is 5. The molecular formula is C25H21F4N5O. The van der Waals surface area contributed by atoms with Crippen molar-refractivity contribution in [1.82, 2.24) is 19.9 Å². The van der Waals surface area contributed by atoms with Crippen LogP contribution in [0.1, 0.15) is 45.7 Å². The first-order chi connectivity index (χ1) is 16.5. The molecule has 1 atom stereocenters. The molecular weight excluding hydrogens is 462 g/mol. The number of aromatic nitrogens is 3. The minimum Gasteiger partial charge on any atom is -0.383 e. The lowest BCUT2D eigenvalue weighted by Crippen LogP contribution is -2.33. The van der Waals surface area contributed by atoms with Crippen molar-refractivity contribution in [3.63, 3.8) is 0 Å². The van der Waals surface area contributed by atoms with Gasteiger partial charge in [-0.15, -0.1) is 0 Å². The van der Waals surface area contributed by atoms with Gasteiger partial charge in [-0.2, -0.15) is 17.6 Å². The van der Waals surface area contributed by atoms with Crippen LogP contribution in [0.3, 0.4) is 0 Å². The zero-order valence-electron chi connectivity index (χ0n) is 18.8. The smallest absolute Gasteiger partial charge is 0.383 e. The second kappa shape index (κ2) is 9.28. The topological polar surface area (TPSA) is 85.0 Å². The van der Waals surface area contributed by atoms with E-state index in [0.29, 0.717) is 27.8 Å². The molecule has 4 rings (SSSR count). The fourth-order valence-corrected chi connectivity index (χ4v) is 3.70. The molecule has 0 aliphatic rings. The van der Waals surface area contributed by atoms with Crippen molar-refractivity contribution in [2.45, 2.75) is 32.6 Å². The van der Waals surface area contributed by atoms with Crippen molar-refractivity contribution in [2.24, 2.45) is 0 Å². The molecule has 2 N–H and O–H groups in total. The van der Waals surface area contributed by atoms with Gasteiger partial charge in [-0.05, 0) is 73.5 Å². The molecule has 0 aliphatic heterocycles. The Labute approximate surface area is 198 Å². The number of anilines is 1. The molecule has 0 saturated heterocycles. The van der Waals surface area contributed by atoms with Gasteiger partial charge >= 0.3 is 6.18 Å². The Morgan fingerprint density at radius 2 is 1.86 bits per heavy atom. The van der Waals surface area contributed by atoms with Gasteiger partial charge in [-0.1, -0.05) is 0 Å². The summed E-state index contributed by atoms with van der Waals surface area (Å²) in [5.74, 6) is -0.730. The number of amides is 1. The van der Waals surface area contributed by atoms with Crippen LogP contribution >= 0.6 is 0 Å². The van der Waals surface area contributed by atoms with Crippen molar-refractivity contribution in [1.29, 1.82) is 0 Å². The predicted octanol–water partition coefficient (Wildman–Crippen LogP) is 5.48. The van der Waals surface area contributed by atoms with E-state index in [0.717, 1.165) is 17.8 Å². The van der Waals surface area contributed by atoms with E-state index in [1.165, 1.54) is 23.2 Å². The van der Waals surface area contributed by atoms with Gasteiger partial charge in [0.25, 0.3) is 5.91 Å². The van der Waals surface area contributed by atoms with Crippen molar-refractivity contribution < 1.29 is 22.4 Å². The van der Waals surface area contributed by atoms with E-state index in [4.69, 9.17) is 5.73 Å². The van der Waals surface area contributed by atoms with Gasteiger partial charge in [-0.3, -0.25) is 9.78 Å². The van der Waals surface area contributed by atoms with Crippen molar-refractivity contribution in [2.75, 3.05) is 5.73 Å². The minimum atomic E-state index is -4.52. The number of aryl methyl sites for hydroxylation is 1. The van der Waals surface area contributed by atoms with Crippen molar-refractivity contribution >= 4 is 22.6 Å². The van der Waals surface area contributed by atoms with Gasteiger partial charge in [0, 0.05) is 23.3 Å². The Morgan fingerprint density at radius 1 is 1.09 bits per heavy atom. The first kappa shape index (κ1) is 24.1. The zero-order chi connectivity index (χ0) is 25.3. The molecule has 4 aromatic rings. The van der Waals surface area contributed by atoms with E-state index < -0.39 is 29.6 Å². The summed E-state index contributed by atoms with van der Waals surface area (Å²) in [7, 11) is 0. The number of carbonyl (C=O) groups excluding carboxylic acids is 1. The third-order valence-electron chi connectivity index (χ3n) is 5.74. The third-order valence-corrected chi connectivity index (χ3v) is 5.74. The highest BCUT2D eigenvalue weighted by molar-refractivity contribution is 5.98. The van der Waals surface area contributed by atoms with Crippen LogP contribution in [-0.2, 0) is 12.7 Å². The van der Waals surface area contributed by atoms with Gasteiger partial charge in [-0.25, -0.2) is 9.97 Å². The standard InChI is InChI=1S/C25H21F4N5O/c1-14-9-18-10-17(3-6-21(18)33-23(14)30)24(35)34(15(2)16-7-8-31-22(26)11-16)13-20-5-4-19(12-32-20)25(27,28)29/h3-12,15H,13H2,1-2H3,(H2,30,33)/t15-/m0/s1. The Balaban J connectivity index is 1.72. The second-order valence-corrected chi connectivity index (χ2v) is 8.15. The molecule has 35 heavy (non-hydrogen) atoms. The van der Waals surface area contributed by atoms with Gasteiger partial charge in [0.1, 0.15) is 5.82 Å². The van der Waals surface area contributed by atoms with E-state index in [9.17, 15) is 22.4 Å². The molecule has 0 fully saturated rings. The van der Waals surface area contributed by atoms with Crippen LogP contribution in [0.2, 0.25) is 0 Å². The molecule has 1 aromatic carbocycles. The van der Waals surface area contributed by atoms with E-state index in [1.807, 2.05) is 6.07 Å². The predicted molar refractivity (Wildman–Crippen MR) is 123 cm³/mol. The first-order valence-corrected chi connectivity index (χ1v) is 10.6. The average Bonchev–Trinajstić information content (AvgIpc) is 2.82. The number of carbonyl (C=O) groups is 1. The number of nitrogen functional groups attached to an aromatic ring is 1. The largest absolute Gasteiger partial charge is 0.417 e. The number of benzene rings is 1. The molecule has 0 radical (unpaired) electrons. The quantitative estimate of drug-likeness (QED) is 0.300. The lowest BCUT2D eigenvalue weighted by molar-refractivity contribution is -0.137. The van der Waals surface area contributed by atoms with E-state index in [-0.39, 0.29) is 12.2 Å². The van der Waals surface area contributed by atoms with Crippen LogP contribution in [0.4, 0.5) is 23.4 Å². The molecule has 3 heterocycles.